The van der Waals surface area contributed by atoms with E-state index in [0.717, 1.165) is 22.4 Å². The average molecular weight is 311 g/mol. The Hall–Kier alpha value is -0.870. The number of thioether (sulfide) groups is 1. The quantitative estimate of drug-likeness (QED) is 0.869. The highest BCUT2D eigenvalue weighted by Crippen LogP contribution is 2.40. The molecule has 3 nitrogen and oxygen atoms in total. The Balaban J connectivity index is 1.78. The van der Waals surface area contributed by atoms with Crippen LogP contribution in [0.2, 0.25) is 5.02 Å². The van der Waals surface area contributed by atoms with Gasteiger partial charge in [0.25, 0.3) is 0 Å². The number of nitrogens with one attached hydrogen (secondary N) is 1. The molecule has 0 amide bonds. The SMILES string of the molecule is COc1ccc(Cl)cc1NC1=NC2(CCCCC2)CS1. The first-order chi connectivity index (χ1) is 9.71. The maximum atomic E-state index is 6.06. The Kier molecular flexibility index (Phi) is 4.13. The molecule has 1 heterocycles. The lowest BCUT2D eigenvalue weighted by Crippen LogP contribution is -2.29. The minimum atomic E-state index is 0.178. The summed E-state index contributed by atoms with van der Waals surface area (Å²) in [6, 6.07) is 5.59. The van der Waals surface area contributed by atoms with Crippen LogP contribution in [0.1, 0.15) is 32.1 Å². The van der Waals surface area contributed by atoms with E-state index in [-0.39, 0.29) is 5.54 Å². The number of anilines is 1. The van der Waals surface area contributed by atoms with Crippen LogP contribution in [0.5, 0.6) is 5.75 Å². The first-order valence-electron chi connectivity index (χ1n) is 7.04. The molecule has 1 aromatic rings. The predicted octanol–water partition coefficient (Wildman–Crippen LogP) is 4.57. The first kappa shape index (κ1) is 14.1. The van der Waals surface area contributed by atoms with Gasteiger partial charge in [0.1, 0.15) is 5.75 Å². The number of aliphatic imine (C=N–C) groups is 1. The second-order valence-electron chi connectivity index (χ2n) is 5.46. The van der Waals surface area contributed by atoms with Crippen LogP contribution in [0, 0.1) is 0 Å². The van der Waals surface area contributed by atoms with Crippen molar-refractivity contribution in [1.29, 1.82) is 0 Å². The van der Waals surface area contributed by atoms with Crippen LogP contribution in [-0.4, -0.2) is 23.6 Å². The van der Waals surface area contributed by atoms with Crippen LogP contribution in [0.3, 0.4) is 0 Å². The lowest BCUT2D eigenvalue weighted by molar-refractivity contribution is 0.335. The molecule has 1 saturated carbocycles. The maximum absolute atomic E-state index is 6.06. The molecule has 0 unspecified atom stereocenters. The topological polar surface area (TPSA) is 33.6 Å². The lowest BCUT2D eigenvalue weighted by Gasteiger charge is -2.29. The van der Waals surface area contributed by atoms with Crippen LogP contribution in [-0.2, 0) is 0 Å². The molecule has 0 bridgehead atoms. The summed E-state index contributed by atoms with van der Waals surface area (Å²) in [7, 11) is 1.67. The Morgan fingerprint density at radius 1 is 1.30 bits per heavy atom. The third kappa shape index (κ3) is 2.91. The van der Waals surface area contributed by atoms with Crippen molar-refractivity contribution in [3.8, 4) is 5.75 Å². The molecule has 1 fully saturated rings. The fourth-order valence-corrected chi connectivity index (χ4v) is 4.28. The van der Waals surface area contributed by atoms with Gasteiger partial charge in [-0.05, 0) is 31.0 Å². The molecule has 3 rings (SSSR count). The highest BCUT2D eigenvalue weighted by Gasteiger charge is 2.36. The zero-order chi connectivity index (χ0) is 14.0. The van der Waals surface area contributed by atoms with Gasteiger partial charge in [-0.1, -0.05) is 42.6 Å². The highest BCUT2D eigenvalue weighted by molar-refractivity contribution is 8.14. The van der Waals surface area contributed by atoms with E-state index >= 15 is 0 Å². The second-order valence-corrected chi connectivity index (χ2v) is 6.86. The number of hydrogen-bond acceptors (Lipinski definition) is 4. The van der Waals surface area contributed by atoms with Crippen LogP contribution < -0.4 is 10.1 Å². The van der Waals surface area contributed by atoms with Crippen LogP contribution in [0.4, 0.5) is 5.69 Å². The molecule has 108 valence electrons. The molecule has 1 N–H and O–H groups in total. The molecule has 0 aromatic heterocycles. The summed E-state index contributed by atoms with van der Waals surface area (Å²) in [5.74, 6) is 1.89. The van der Waals surface area contributed by atoms with Crippen molar-refractivity contribution in [2.24, 2.45) is 4.99 Å². The smallest absolute Gasteiger partial charge is 0.161 e. The number of hydrogen-bond donors (Lipinski definition) is 1. The van der Waals surface area contributed by atoms with Crippen molar-refractivity contribution in [2.45, 2.75) is 37.6 Å². The Labute approximate surface area is 129 Å². The summed E-state index contributed by atoms with van der Waals surface area (Å²) in [5, 5.41) is 5.07. The predicted molar refractivity (Wildman–Crippen MR) is 87.3 cm³/mol. The summed E-state index contributed by atoms with van der Waals surface area (Å²) in [6.07, 6.45) is 6.40. The van der Waals surface area contributed by atoms with Gasteiger partial charge in [-0.2, -0.15) is 0 Å². The Bertz CT molecular complexity index is 527. The number of benzene rings is 1. The number of methoxy groups -OCH3 is 1. The van der Waals surface area contributed by atoms with Gasteiger partial charge < -0.3 is 10.1 Å². The monoisotopic (exact) mass is 310 g/mol. The Morgan fingerprint density at radius 3 is 2.85 bits per heavy atom. The molecular weight excluding hydrogens is 292 g/mol. The first-order valence-corrected chi connectivity index (χ1v) is 8.40. The van der Waals surface area contributed by atoms with Gasteiger partial charge >= 0.3 is 0 Å². The zero-order valence-corrected chi connectivity index (χ0v) is 13.2. The van der Waals surface area contributed by atoms with E-state index in [9.17, 15) is 0 Å². The van der Waals surface area contributed by atoms with E-state index in [2.05, 4.69) is 5.32 Å². The summed E-state index contributed by atoms with van der Waals surface area (Å²) in [4.78, 5) is 4.95. The van der Waals surface area contributed by atoms with E-state index in [1.54, 1.807) is 7.11 Å². The summed E-state index contributed by atoms with van der Waals surface area (Å²) in [5.41, 5.74) is 1.07. The van der Waals surface area contributed by atoms with Gasteiger partial charge in [0.05, 0.1) is 18.3 Å². The largest absolute Gasteiger partial charge is 0.495 e. The van der Waals surface area contributed by atoms with Gasteiger partial charge in [-0.15, -0.1) is 0 Å². The molecular formula is C15H19ClN2OS. The average Bonchev–Trinajstić information content (AvgIpc) is 2.82. The zero-order valence-electron chi connectivity index (χ0n) is 11.6. The second kappa shape index (κ2) is 5.86. The number of amidine groups is 1. The number of ether oxygens (including phenoxy) is 1. The molecule has 0 atom stereocenters. The van der Waals surface area contributed by atoms with Crippen LogP contribution in [0.25, 0.3) is 0 Å². The molecule has 1 aromatic carbocycles. The normalized spacial score (nSPS) is 20.8. The number of nitrogens with zero attached hydrogens (tertiary/aromatic N) is 1. The van der Waals surface area contributed by atoms with Crippen molar-refractivity contribution in [3.05, 3.63) is 23.2 Å². The van der Waals surface area contributed by atoms with E-state index in [1.165, 1.54) is 32.1 Å². The maximum Gasteiger partial charge on any atom is 0.161 e. The molecule has 1 aliphatic heterocycles. The summed E-state index contributed by atoms with van der Waals surface area (Å²) >= 11 is 7.87. The molecule has 1 aliphatic carbocycles. The van der Waals surface area contributed by atoms with Crippen LogP contribution >= 0.6 is 23.4 Å². The summed E-state index contributed by atoms with van der Waals surface area (Å²) in [6.45, 7) is 0. The van der Waals surface area contributed by atoms with Crippen molar-refractivity contribution >= 4 is 34.2 Å². The van der Waals surface area contributed by atoms with Crippen LogP contribution in [0.15, 0.2) is 23.2 Å². The van der Waals surface area contributed by atoms with Gasteiger partial charge in [-0.3, -0.25) is 4.99 Å². The lowest BCUT2D eigenvalue weighted by atomic mass is 9.84. The molecule has 2 aliphatic rings. The van der Waals surface area contributed by atoms with E-state index in [0.29, 0.717) is 5.02 Å². The standard InChI is InChI=1S/C15H19ClN2OS/c1-19-13-6-5-11(16)9-12(13)17-14-18-15(10-20-14)7-3-2-4-8-15/h5-6,9H,2-4,7-8,10H2,1H3,(H,17,18). The van der Waals surface area contributed by atoms with Gasteiger partial charge in [0, 0.05) is 10.8 Å². The van der Waals surface area contributed by atoms with E-state index in [1.807, 2.05) is 30.0 Å². The number of halogens is 1. The molecule has 0 radical (unpaired) electrons. The van der Waals surface area contributed by atoms with Crippen molar-refractivity contribution in [2.75, 3.05) is 18.2 Å². The minimum Gasteiger partial charge on any atom is -0.495 e. The van der Waals surface area contributed by atoms with Gasteiger partial charge in [-0.25, -0.2) is 0 Å². The fourth-order valence-electron chi connectivity index (χ4n) is 2.91. The molecule has 0 saturated heterocycles. The Morgan fingerprint density at radius 2 is 2.10 bits per heavy atom. The number of rotatable bonds is 2. The fraction of sp³-hybridized carbons (Fsp3) is 0.533. The minimum absolute atomic E-state index is 0.178. The van der Waals surface area contributed by atoms with E-state index < -0.39 is 0 Å². The van der Waals surface area contributed by atoms with Crippen molar-refractivity contribution in [1.82, 2.24) is 0 Å². The summed E-state index contributed by atoms with van der Waals surface area (Å²) < 4.78 is 5.36. The van der Waals surface area contributed by atoms with Gasteiger partial charge in [0.15, 0.2) is 5.17 Å². The molecule has 5 heteroatoms. The van der Waals surface area contributed by atoms with Gasteiger partial charge in [0.2, 0.25) is 0 Å². The molecule has 20 heavy (non-hydrogen) atoms. The van der Waals surface area contributed by atoms with E-state index in [4.69, 9.17) is 21.3 Å². The third-order valence-electron chi connectivity index (χ3n) is 4.00. The molecule has 1 spiro atoms. The highest BCUT2D eigenvalue weighted by atomic mass is 35.5. The third-order valence-corrected chi connectivity index (χ3v) is 5.39. The van der Waals surface area contributed by atoms with Crippen molar-refractivity contribution < 1.29 is 4.74 Å². The van der Waals surface area contributed by atoms with Crippen molar-refractivity contribution in [3.63, 3.8) is 0 Å².